The predicted octanol–water partition coefficient (Wildman–Crippen LogP) is 3.00. The molecule has 8 heteroatoms. The lowest BCUT2D eigenvalue weighted by Crippen LogP contribution is -2.40. The van der Waals surface area contributed by atoms with E-state index in [-0.39, 0.29) is 12.5 Å². The second-order valence-corrected chi connectivity index (χ2v) is 8.39. The Morgan fingerprint density at radius 2 is 1.97 bits per heavy atom. The number of aliphatic hydroxyl groups excluding tert-OH is 1. The van der Waals surface area contributed by atoms with Gasteiger partial charge in [-0.3, -0.25) is 14.9 Å². The number of aliphatic hydroxyl groups is 1. The lowest BCUT2D eigenvalue weighted by atomic mass is 9.91. The molecule has 4 rings (SSSR count). The van der Waals surface area contributed by atoms with Crippen LogP contribution in [0.5, 0.6) is 0 Å². The lowest BCUT2D eigenvalue weighted by Gasteiger charge is -2.23. The molecule has 0 spiro atoms. The number of carbonyl (C=O) groups excluding carboxylic acids is 2. The molecule has 0 aliphatic carbocycles. The van der Waals surface area contributed by atoms with E-state index in [1.807, 2.05) is 44.2 Å². The van der Waals surface area contributed by atoms with Gasteiger partial charge in [-0.2, -0.15) is 0 Å². The maximum absolute atomic E-state index is 13.8. The highest BCUT2D eigenvalue weighted by atomic mass is 19.1. The van der Waals surface area contributed by atoms with Crippen LogP contribution in [0.3, 0.4) is 0 Å². The third-order valence-corrected chi connectivity index (χ3v) is 5.75. The Morgan fingerprint density at radius 3 is 2.64 bits per heavy atom. The van der Waals surface area contributed by atoms with Crippen molar-refractivity contribution in [2.45, 2.75) is 32.0 Å². The Hall–Kier alpha value is -3.49. The predicted molar refractivity (Wildman–Crippen MR) is 121 cm³/mol. The van der Waals surface area contributed by atoms with Gasteiger partial charge in [0, 0.05) is 23.4 Å². The van der Waals surface area contributed by atoms with Crippen molar-refractivity contribution in [3.63, 3.8) is 0 Å². The maximum Gasteiger partial charge on any atom is 0.325 e. The number of rotatable bonds is 6. The second kappa shape index (κ2) is 8.80. The molecule has 2 aliphatic heterocycles. The highest BCUT2D eigenvalue weighted by molar-refractivity contribution is 6.32. The Labute approximate surface area is 190 Å². The zero-order valence-electron chi connectivity index (χ0n) is 18.6. The number of halogens is 1. The van der Waals surface area contributed by atoms with Crippen molar-refractivity contribution < 1.29 is 28.6 Å². The SMILES string of the molecule is COC(=O)[C@H](CO)NCc1ccc(C2=C/C(=C3\C(=O)Nc4ccc(F)cc43)OC2(C)C)cc1. The van der Waals surface area contributed by atoms with Crippen molar-refractivity contribution in [2.24, 2.45) is 0 Å². The number of esters is 1. The van der Waals surface area contributed by atoms with Gasteiger partial charge in [0.25, 0.3) is 5.91 Å². The summed E-state index contributed by atoms with van der Waals surface area (Å²) >= 11 is 0. The van der Waals surface area contributed by atoms with Crippen molar-refractivity contribution in [2.75, 3.05) is 19.0 Å². The quantitative estimate of drug-likeness (QED) is 0.461. The first-order valence-electron chi connectivity index (χ1n) is 10.5. The third kappa shape index (κ3) is 4.40. The maximum atomic E-state index is 13.8. The van der Waals surface area contributed by atoms with Crippen LogP contribution < -0.4 is 10.6 Å². The standard InChI is InChI=1S/C25H25FN2O5/c1-25(2)18(15-6-4-14(5-7-15)12-27-20(13-29)24(31)32-3)11-21(33-25)22-17-10-16(26)8-9-19(17)28-23(22)30/h4-11,20,27,29H,12-13H2,1-3H3,(H,28,30)/b22-21+/t20-/m0/s1. The van der Waals surface area contributed by atoms with Gasteiger partial charge in [-0.15, -0.1) is 0 Å². The Bertz CT molecular complexity index is 1170. The van der Waals surface area contributed by atoms with Crippen molar-refractivity contribution in [3.8, 4) is 0 Å². The second-order valence-electron chi connectivity index (χ2n) is 8.39. The monoisotopic (exact) mass is 452 g/mol. The van der Waals surface area contributed by atoms with E-state index in [2.05, 4.69) is 15.4 Å². The molecule has 3 N–H and O–H groups in total. The van der Waals surface area contributed by atoms with E-state index < -0.39 is 23.4 Å². The van der Waals surface area contributed by atoms with Crippen LogP contribution in [0.1, 0.15) is 30.5 Å². The highest BCUT2D eigenvalue weighted by Gasteiger charge is 2.38. The van der Waals surface area contributed by atoms with Crippen LogP contribution in [-0.2, 0) is 25.6 Å². The lowest BCUT2D eigenvalue weighted by molar-refractivity contribution is -0.144. The zero-order chi connectivity index (χ0) is 23.8. The zero-order valence-corrected chi connectivity index (χ0v) is 18.6. The Morgan fingerprint density at radius 1 is 1.24 bits per heavy atom. The van der Waals surface area contributed by atoms with E-state index in [1.54, 1.807) is 0 Å². The van der Waals surface area contributed by atoms with Crippen LogP contribution in [0.4, 0.5) is 10.1 Å². The van der Waals surface area contributed by atoms with Crippen LogP contribution in [0, 0.1) is 5.82 Å². The molecule has 0 aromatic heterocycles. The van der Waals surface area contributed by atoms with Crippen molar-refractivity contribution in [3.05, 3.63) is 76.8 Å². The summed E-state index contributed by atoms with van der Waals surface area (Å²) in [6, 6.07) is 11.0. The Kier molecular flexibility index (Phi) is 6.05. The molecular formula is C25H25FN2O5. The largest absolute Gasteiger partial charge is 0.482 e. The number of nitrogens with one attached hydrogen (secondary N) is 2. The molecule has 0 saturated carbocycles. The number of amides is 1. The van der Waals surface area contributed by atoms with Gasteiger partial charge in [-0.25, -0.2) is 4.39 Å². The summed E-state index contributed by atoms with van der Waals surface area (Å²) in [5, 5.41) is 15.0. The molecule has 2 aromatic carbocycles. The molecule has 1 amide bonds. The van der Waals surface area contributed by atoms with Gasteiger partial charge in [0.05, 0.1) is 19.3 Å². The molecule has 7 nitrogen and oxygen atoms in total. The number of hydrogen-bond donors (Lipinski definition) is 3. The van der Waals surface area contributed by atoms with E-state index >= 15 is 0 Å². The molecule has 0 saturated heterocycles. The number of ether oxygens (including phenoxy) is 2. The van der Waals surface area contributed by atoms with Crippen LogP contribution in [0.15, 0.2) is 54.3 Å². The van der Waals surface area contributed by atoms with Crippen molar-refractivity contribution in [1.82, 2.24) is 5.32 Å². The summed E-state index contributed by atoms with van der Waals surface area (Å²) < 4.78 is 24.6. The van der Waals surface area contributed by atoms with Gasteiger partial charge in [-0.05, 0) is 49.2 Å². The van der Waals surface area contributed by atoms with Crippen LogP contribution in [0.25, 0.3) is 11.1 Å². The van der Waals surface area contributed by atoms with E-state index in [0.29, 0.717) is 29.1 Å². The molecule has 33 heavy (non-hydrogen) atoms. The fourth-order valence-electron chi connectivity index (χ4n) is 4.01. The molecule has 172 valence electrons. The van der Waals surface area contributed by atoms with Gasteiger partial charge >= 0.3 is 5.97 Å². The fraction of sp³-hybridized carbons (Fsp3) is 0.280. The molecule has 1 atom stereocenters. The van der Waals surface area contributed by atoms with Gasteiger partial charge in [0.1, 0.15) is 23.2 Å². The van der Waals surface area contributed by atoms with Crippen LogP contribution in [0.2, 0.25) is 0 Å². The molecular weight excluding hydrogens is 427 g/mol. The summed E-state index contributed by atoms with van der Waals surface area (Å²) in [7, 11) is 1.27. The first kappa shape index (κ1) is 22.7. The average molecular weight is 452 g/mol. The summed E-state index contributed by atoms with van der Waals surface area (Å²) in [6.45, 7) is 3.82. The molecule has 0 radical (unpaired) electrons. The van der Waals surface area contributed by atoms with E-state index in [4.69, 9.17) is 4.74 Å². The van der Waals surface area contributed by atoms with Crippen molar-refractivity contribution in [1.29, 1.82) is 0 Å². The number of fused-ring (bicyclic) bond motifs is 1. The van der Waals surface area contributed by atoms with Crippen molar-refractivity contribution >= 4 is 28.7 Å². The first-order valence-corrected chi connectivity index (χ1v) is 10.5. The van der Waals surface area contributed by atoms with Crippen LogP contribution >= 0.6 is 0 Å². The minimum Gasteiger partial charge on any atom is -0.482 e. The number of hydrogen-bond acceptors (Lipinski definition) is 6. The summed E-state index contributed by atoms with van der Waals surface area (Å²) in [5.74, 6) is -0.887. The summed E-state index contributed by atoms with van der Waals surface area (Å²) in [6.07, 6.45) is 1.82. The van der Waals surface area contributed by atoms with Gasteiger partial charge < -0.3 is 19.9 Å². The minimum atomic E-state index is -0.793. The number of methoxy groups -OCH3 is 1. The van der Waals surface area contributed by atoms with E-state index in [0.717, 1.165) is 16.7 Å². The molecule has 2 aliphatic rings. The third-order valence-electron chi connectivity index (χ3n) is 5.75. The molecule has 2 aromatic rings. The Balaban J connectivity index is 1.60. The summed E-state index contributed by atoms with van der Waals surface area (Å²) in [5.41, 5.74) is 3.34. The number of allylic oxidation sites excluding steroid dienone is 1. The first-order chi connectivity index (χ1) is 15.7. The van der Waals surface area contributed by atoms with Gasteiger partial charge in [-0.1, -0.05) is 24.3 Å². The molecule has 0 bridgehead atoms. The minimum absolute atomic E-state index is 0.311. The van der Waals surface area contributed by atoms with Crippen LogP contribution in [-0.4, -0.2) is 42.3 Å². The smallest absolute Gasteiger partial charge is 0.325 e. The highest BCUT2D eigenvalue weighted by Crippen LogP contribution is 2.44. The number of carbonyl (C=O) groups is 2. The molecule has 2 heterocycles. The van der Waals surface area contributed by atoms with Gasteiger partial charge in [0.2, 0.25) is 0 Å². The number of anilines is 1. The normalized spacial score (nSPS) is 19.4. The van der Waals surface area contributed by atoms with E-state index in [9.17, 15) is 19.1 Å². The average Bonchev–Trinajstić information content (AvgIpc) is 3.28. The van der Waals surface area contributed by atoms with Gasteiger partial charge in [0.15, 0.2) is 0 Å². The topological polar surface area (TPSA) is 96.9 Å². The van der Waals surface area contributed by atoms with E-state index in [1.165, 1.54) is 25.3 Å². The fourth-order valence-corrected chi connectivity index (χ4v) is 4.01. The molecule has 0 fully saturated rings. The molecule has 0 unspecified atom stereocenters. The summed E-state index contributed by atoms with van der Waals surface area (Å²) in [4.78, 5) is 24.2. The number of benzene rings is 2.